The zero-order chi connectivity index (χ0) is 26.2. The number of carbonyl (C=O) groups is 1. The number of carbonyl (C=O) groups excluding carboxylic acids is 1. The number of nitrogens with zero attached hydrogens (tertiary/aromatic N) is 3. The Morgan fingerprint density at radius 3 is 2.51 bits per heavy atom. The van der Waals surface area contributed by atoms with Crippen LogP contribution in [0.3, 0.4) is 0 Å². The number of fused-ring (bicyclic) bond motifs is 1. The maximum absolute atomic E-state index is 12.9. The molecule has 7 nitrogen and oxygen atoms in total. The molecular formula is C30H34N4O3. The van der Waals surface area contributed by atoms with E-state index >= 15 is 0 Å². The maximum atomic E-state index is 12.9. The van der Waals surface area contributed by atoms with Crippen LogP contribution >= 0.6 is 0 Å². The molecule has 2 heterocycles. The van der Waals surface area contributed by atoms with Crippen LogP contribution < -0.4 is 14.8 Å². The lowest BCUT2D eigenvalue weighted by atomic mass is 9.91. The van der Waals surface area contributed by atoms with Gasteiger partial charge in [-0.25, -0.2) is 9.97 Å². The van der Waals surface area contributed by atoms with Gasteiger partial charge in [-0.05, 0) is 55.0 Å². The van der Waals surface area contributed by atoms with E-state index in [4.69, 9.17) is 9.47 Å². The smallest absolute Gasteiger partial charge is 0.228 e. The summed E-state index contributed by atoms with van der Waals surface area (Å²) in [6.07, 6.45) is 5.78. The summed E-state index contributed by atoms with van der Waals surface area (Å²) < 4.78 is 10.9. The minimum absolute atomic E-state index is 0.0414. The molecule has 0 saturated carbocycles. The maximum Gasteiger partial charge on any atom is 0.228 e. The molecule has 0 aliphatic heterocycles. The molecule has 0 radical (unpaired) electrons. The van der Waals surface area contributed by atoms with E-state index in [1.807, 2.05) is 37.3 Å². The molecule has 1 unspecified atom stereocenters. The van der Waals surface area contributed by atoms with E-state index in [-0.39, 0.29) is 11.8 Å². The van der Waals surface area contributed by atoms with Crippen LogP contribution in [0, 0.1) is 11.8 Å². The quantitative estimate of drug-likeness (QED) is 0.260. The van der Waals surface area contributed by atoms with Gasteiger partial charge in [0, 0.05) is 11.5 Å². The summed E-state index contributed by atoms with van der Waals surface area (Å²) in [7, 11) is 3.18. The second kappa shape index (κ2) is 12.3. The van der Waals surface area contributed by atoms with Gasteiger partial charge in [0.15, 0.2) is 17.1 Å². The fourth-order valence-electron chi connectivity index (χ4n) is 4.56. The summed E-state index contributed by atoms with van der Waals surface area (Å²) in [6.45, 7) is 4.18. The summed E-state index contributed by atoms with van der Waals surface area (Å²) in [6, 6.07) is 19.7. The predicted octanol–water partition coefficient (Wildman–Crippen LogP) is 6.33. The molecule has 7 heteroatoms. The number of aromatic nitrogens is 3. The van der Waals surface area contributed by atoms with Gasteiger partial charge in [0.2, 0.25) is 5.91 Å². The molecule has 0 bridgehead atoms. The lowest BCUT2D eigenvalue weighted by Gasteiger charge is -2.17. The number of anilines is 1. The van der Waals surface area contributed by atoms with Gasteiger partial charge in [0.25, 0.3) is 0 Å². The number of para-hydroxylation sites is 1. The Labute approximate surface area is 218 Å². The molecule has 0 saturated heterocycles. The monoisotopic (exact) mass is 498 g/mol. The summed E-state index contributed by atoms with van der Waals surface area (Å²) in [5.41, 5.74) is 3.81. The van der Waals surface area contributed by atoms with Crippen molar-refractivity contribution < 1.29 is 14.3 Å². The third-order valence-electron chi connectivity index (χ3n) is 6.55. The Kier molecular flexibility index (Phi) is 8.67. The second-order valence-corrected chi connectivity index (χ2v) is 9.44. The zero-order valence-electron chi connectivity index (χ0n) is 21.9. The van der Waals surface area contributed by atoms with Crippen LogP contribution in [0.15, 0.2) is 66.9 Å². The van der Waals surface area contributed by atoms with Crippen molar-refractivity contribution in [3.63, 3.8) is 0 Å². The highest BCUT2D eigenvalue weighted by Crippen LogP contribution is 2.37. The molecule has 2 atom stereocenters. The lowest BCUT2D eigenvalue weighted by Crippen LogP contribution is -2.22. The fourth-order valence-corrected chi connectivity index (χ4v) is 4.56. The van der Waals surface area contributed by atoms with Crippen molar-refractivity contribution in [1.82, 2.24) is 15.0 Å². The Morgan fingerprint density at radius 1 is 0.946 bits per heavy atom. The molecule has 0 fully saturated rings. The number of benzene rings is 2. The molecule has 0 aliphatic carbocycles. The standard InChI is InChI=1S/C30H34N4O3/c1-20(10-8-13-22-11-6-5-7-12-22)18-21(2)30(35)34-27-17-16-24-29(33-27)32-25(19-31-24)23-14-9-15-26(36-3)28(23)37-4/h5-7,9,11-12,14-17,19-21H,8,10,13,18H2,1-4H3,(H,32,33,34,35)/t20-,21?/m1/s1. The largest absolute Gasteiger partial charge is 0.493 e. The summed E-state index contributed by atoms with van der Waals surface area (Å²) in [4.78, 5) is 26.7. The van der Waals surface area contributed by atoms with Crippen LogP contribution in [-0.2, 0) is 11.2 Å². The second-order valence-electron chi connectivity index (χ2n) is 9.44. The first-order valence-electron chi connectivity index (χ1n) is 12.7. The third kappa shape index (κ3) is 6.61. The van der Waals surface area contributed by atoms with Crippen molar-refractivity contribution in [2.24, 2.45) is 11.8 Å². The average molecular weight is 499 g/mol. The number of hydrogen-bond acceptors (Lipinski definition) is 6. The van der Waals surface area contributed by atoms with Gasteiger partial charge in [0.1, 0.15) is 11.3 Å². The van der Waals surface area contributed by atoms with E-state index in [2.05, 4.69) is 51.5 Å². The van der Waals surface area contributed by atoms with Gasteiger partial charge >= 0.3 is 0 Å². The van der Waals surface area contributed by atoms with Gasteiger partial charge in [-0.1, -0.05) is 56.7 Å². The molecular weight excluding hydrogens is 464 g/mol. The number of nitrogens with one attached hydrogen (secondary N) is 1. The third-order valence-corrected chi connectivity index (χ3v) is 6.55. The molecule has 4 rings (SSSR count). The van der Waals surface area contributed by atoms with E-state index in [0.717, 1.165) is 31.2 Å². The molecule has 1 amide bonds. The average Bonchev–Trinajstić information content (AvgIpc) is 2.92. The van der Waals surface area contributed by atoms with Crippen LogP contribution in [0.2, 0.25) is 0 Å². The van der Waals surface area contributed by atoms with Crippen molar-refractivity contribution in [1.29, 1.82) is 0 Å². The minimum Gasteiger partial charge on any atom is -0.493 e. The Hall–Kier alpha value is -4.00. The van der Waals surface area contributed by atoms with E-state index in [9.17, 15) is 4.79 Å². The number of rotatable bonds is 11. The first kappa shape index (κ1) is 26.1. The first-order valence-corrected chi connectivity index (χ1v) is 12.7. The van der Waals surface area contributed by atoms with Crippen LogP contribution in [0.25, 0.3) is 22.4 Å². The highest BCUT2D eigenvalue weighted by molar-refractivity contribution is 5.92. The summed E-state index contributed by atoms with van der Waals surface area (Å²) in [5.74, 6) is 1.95. The number of hydrogen-bond donors (Lipinski definition) is 1. The van der Waals surface area contributed by atoms with Crippen LogP contribution in [0.5, 0.6) is 11.5 Å². The van der Waals surface area contributed by atoms with E-state index < -0.39 is 0 Å². The van der Waals surface area contributed by atoms with Crippen molar-refractivity contribution in [2.45, 2.75) is 39.5 Å². The Balaban J connectivity index is 1.40. The summed E-state index contributed by atoms with van der Waals surface area (Å²) in [5, 5.41) is 2.96. The minimum atomic E-state index is -0.123. The topological polar surface area (TPSA) is 86.2 Å². The molecule has 192 valence electrons. The zero-order valence-corrected chi connectivity index (χ0v) is 21.9. The van der Waals surface area contributed by atoms with Gasteiger partial charge in [0.05, 0.1) is 26.1 Å². The molecule has 37 heavy (non-hydrogen) atoms. The van der Waals surface area contributed by atoms with Crippen molar-refractivity contribution in [2.75, 3.05) is 19.5 Å². The van der Waals surface area contributed by atoms with Crippen LogP contribution in [0.4, 0.5) is 5.82 Å². The van der Waals surface area contributed by atoms with Crippen molar-refractivity contribution >= 4 is 22.9 Å². The highest BCUT2D eigenvalue weighted by Gasteiger charge is 2.18. The molecule has 4 aromatic rings. The van der Waals surface area contributed by atoms with Crippen LogP contribution in [-0.4, -0.2) is 35.1 Å². The first-order chi connectivity index (χ1) is 18.0. The van der Waals surface area contributed by atoms with Crippen molar-refractivity contribution in [3.8, 4) is 22.8 Å². The lowest BCUT2D eigenvalue weighted by molar-refractivity contribution is -0.119. The molecule has 0 spiro atoms. The highest BCUT2D eigenvalue weighted by atomic mass is 16.5. The van der Waals surface area contributed by atoms with E-state index in [1.165, 1.54) is 5.56 Å². The van der Waals surface area contributed by atoms with E-state index in [1.54, 1.807) is 26.5 Å². The Morgan fingerprint density at radius 2 is 1.76 bits per heavy atom. The number of aryl methyl sites for hydroxylation is 1. The number of methoxy groups -OCH3 is 2. The predicted molar refractivity (Wildman–Crippen MR) is 147 cm³/mol. The summed E-state index contributed by atoms with van der Waals surface area (Å²) >= 11 is 0. The van der Waals surface area contributed by atoms with Gasteiger partial charge in [-0.15, -0.1) is 0 Å². The van der Waals surface area contributed by atoms with E-state index in [0.29, 0.717) is 40.1 Å². The molecule has 2 aromatic carbocycles. The molecule has 0 aliphatic rings. The van der Waals surface area contributed by atoms with Crippen molar-refractivity contribution in [3.05, 3.63) is 72.4 Å². The number of amides is 1. The molecule has 2 aromatic heterocycles. The SMILES string of the molecule is COc1cccc(-c2cnc3ccc(NC(=O)C(C)C[C@H](C)CCCc4ccccc4)nc3n2)c1OC. The number of pyridine rings is 1. The van der Waals surface area contributed by atoms with Gasteiger partial charge < -0.3 is 14.8 Å². The normalized spacial score (nSPS) is 12.6. The van der Waals surface area contributed by atoms with Gasteiger partial charge in [-0.2, -0.15) is 0 Å². The Bertz CT molecular complexity index is 1340. The van der Waals surface area contributed by atoms with Crippen LogP contribution in [0.1, 0.15) is 38.7 Å². The van der Waals surface area contributed by atoms with Gasteiger partial charge in [-0.3, -0.25) is 9.78 Å². The number of ether oxygens (including phenoxy) is 2. The fraction of sp³-hybridized carbons (Fsp3) is 0.333. The molecule has 1 N–H and O–H groups in total.